The first-order chi connectivity index (χ1) is 11.9. The summed E-state index contributed by atoms with van der Waals surface area (Å²) in [7, 11) is 0. The summed E-state index contributed by atoms with van der Waals surface area (Å²) >= 11 is 3.50. The Morgan fingerprint density at radius 2 is 1.33 bits per heavy atom. The Labute approximate surface area is 154 Å². The highest BCUT2D eigenvalue weighted by Gasteiger charge is 2.07. The Kier molecular flexibility index (Phi) is 6.77. The van der Waals surface area contributed by atoms with Crippen LogP contribution in [0.1, 0.15) is 56.9 Å². The average molecular weight is 386 g/mol. The summed E-state index contributed by atoms with van der Waals surface area (Å²) in [6.07, 6.45) is 12.2. The standard InChI is InChI=1S/C22H28BrN/c23-17-10-6-4-2-1-3-5-7-12-18-13-11-15-20-19-14-8-9-16-21(19)24-22(18)20/h8-9,11,13-16,24H,1-7,10,12,17H2. The highest BCUT2D eigenvalue weighted by Crippen LogP contribution is 2.28. The van der Waals surface area contributed by atoms with Gasteiger partial charge in [-0.25, -0.2) is 0 Å². The van der Waals surface area contributed by atoms with Gasteiger partial charge in [-0.15, -0.1) is 0 Å². The van der Waals surface area contributed by atoms with Gasteiger partial charge in [-0.1, -0.05) is 90.9 Å². The van der Waals surface area contributed by atoms with Crippen molar-refractivity contribution in [2.45, 2.75) is 57.8 Å². The third-order valence-corrected chi connectivity index (χ3v) is 5.52. The summed E-state index contributed by atoms with van der Waals surface area (Å²) in [4.78, 5) is 3.62. The van der Waals surface area contributed by atoms with E-state index in [4.69, 9.17) is 0 Å². The third kappa shape index (κ3) is 4.42. The van der Waals surface area contributed by atoms with Gasteiger partial charge in [0.05, 0.1) is 0 Å². The zero-order chi connectivity index (χ0) is 16.6. The molecule has 24 heavy (non-hydrogen) atoms. The van der Waals surface area contributed by atoms with E-state index >= 15 is 0 Å². The normalized spacial score (nSPS) is 11.5. The van der Waals surface area contributed by atoms with Gasteiger partial charge in [0.1, 0.15) is 0 Å². The smallest absolute Gasteiger partial charge is 0.0497 e. The van der Waals surface area contributed by atoms with Gasteiger partial charge in [0.15, 0.2) is 0 Å². The molecule has 0 saturated heterocycles. The maximum absolute atomic E-state index is 3.62. The van der Waals surface area contributed by atoms with Gasteiger partial charge in [0.2, 0.25) is 0 Å². The molecule has 0 radical (unpaired) electrons. The number of hydrogen-bond acceptors (Lipinski definition) is 0. The van der Waals surface area contributed by atoms with E-state index in [9.17, 15) is 0 Å². The highest BCUT2D eigenvalue weighted by atomic mass is 79.9. The van der Waals surface area contributed by atoms with Crippen molar-refractivity contribution < 1.29 is 0 Å². The Morgan fingerprint density at radius 1 is 0.667 bits per heavy atom. The summed E-state index contributed by atoms with van der Waals surface area (Å²) in [6.45, 7) is 0. The lowest BCUT2D eigenvalue weighted by molar-refractivity contribution is 0.577. The van der Waals surface area contributed by atoms with E-state index in [2.05, 4.69) is 63.4 Å². The van der Waals surface area contributed by atoms with Crippen LogP contribution in [0.15, 0.2) is 42.5 Å². The van der Waals surface area contributed by atoms with Crippen molar-refractivity contribution in [1.29, 1.82) is 0 Å². The zero-order valence-electron chi connectivity index (χ0n) is 14.5. The molecule has 1 heterocycles. The van der Waals surface area contributed by atoms with Crippen LogP contribution in [0.25, 0.3) is 21.8 Å². The monoisotopic (exact) mass is 385 g/mol. The summed E-state index contributed by atoms with van der Waals surface area (Å²) in [6, 6.07) is 15.4. The van der Waals surface area contributed by atoms with Crippen LogP contribution in [-0.4, -0.2) is 10.3 Å². The number of halogens is 1. The van der Waals surface area contributed by atoms with Crippen LogP contribution < -0.4 is 0 Å². The molecule has 2 aromatic carbocycles. The molecule has 2 heteroatoms. The second-order valence-electron chi connectivity index (χ2n) is 6.78. The molecule has 0 unspecified atom stereocenters. The SMILES string of the molecule is BrCCCCCCCCCCc1cccc2c1[nH]c1ccccc12. The second kappa shape index (κ2) is 9.27. The molecular weight excluding hydrogens is 358 g/mol. The molecule has 1 N–H and O–H groups in total. The number of aromatic amines is 1. The molecule has 128 valence electrons. The lowest BCUT2D eigenvalue weighted by atomic mass is 10.0. The van der Waals surface area contributed by atoms with Gasteiger partial charge in [-0.05, 0) is 30.9 Å². The summed E-state index contributed by atoms with van der Waals surface area (Å²) < 4.78 is 0. The fraction of sp³-hybridized carbons (Fsp3) is 0.455. The molecule has 0 bridgehead atoms. The van der Waals surface area contributed by atoms with Crippen molar-refractivity contribution in [2.24, 2.45) is 0 Å². The molecular formula is C22H28BrN. The number of rotatable bonds is 10. The Morgan fingerprint density at radius 3 is 2.12 bits per heavy atom. The Hall–Kier alpha value is -1.28. The number of aromatic nitrogens is 1. The van der Waals surface area contributed by atoms with E-state index in [1.807, 2.05) is 0 Å². The molecule has 0 spiro atoms. The fourth-order valence-corrected chi connectivity index (χ4v) is 4.01. The lowest BCUT2D eigenvalue weighted by Crippen LogP contribution is -1.88. The number of hydrogen-bond donors (Lipinski definition) is 1. The molecule has 0 aliphatic carbocycles. The maximum atomic E-state index is 3.62. The largest absolute Gasteiger partial charge is 0.354 e. The minimum absolute atomic E-state index is 1.16. The number of H-pyrrole nitrogens is 1. The maximum Gasteiger partial charge on any atom is 0.0497 e. The van der Waals surface area contributed by atoms with Crippen molar-refractivity contribution in [3.05, 3.63) is 48.0 Å². The number of nitrogens with one attached hydrogen (secondary N) is 1. The van der Waals surface area contributed by atoms with Crippen molar-refractivity contribution >= 4 is 37.7 Å². The second-order valence-corrected chi connectivity index (χ2v) is 7.57. The summed E-state index contributed by atoms with van der Waals surface area (Å²) in [5.74, 6) is 0. The summed E-state index contributed by atoms with van der Waals surface area (Å²) in [5, 5.41) is 3.87. The van der Waals surface area contributed by atoms with E-state index in [1.54, 1.807) is 0 Å². The van der Waals surface area contributed by atoms with Crippen LogP contribution in [0.4, 0.5) is 0 Å². The molecule has 3 rings (SSSR count). The molecule has 1 nitrogen and oxygen atoms in total. The number of alkyl halides is 1. The molecule has 0 atom stereocenters. The topological polar surface area (TPSA) is 15.8 Å². The predicted octanol–water partition coefficient (Wildman–Crippen LogP) is 7.38. The number of para-hydroxylation sites is 2. The van der Waals surface area contributed by atoms with Crippen molar-refractivity contribution in [3.63, 3.8) is 0 Å². The molecule has 0 amide bonds. The number of fused-ring (bicyclic) bond motifs is 3. The van der Waals surface area contributed by atoms with Crippen molar-refractivity contribution in [2.75, 3.05) is 5.33 Å². The number of unbranched alkanes of at least 4 members (excludes halogenated alkanes) is 7. The lowest BCUT2D eigenvalue weighted by Gasteiger charge is -2.04. The van der Waals surface area contributed by atoms with Crippen LogP contribution >= 0.6 is 15.9 Å². The van der Waals surface area contributed by atoms with Gasteiger partial charge < -0.3 is 4.98 Å². The summed E-state index contributed by atoms with van der Waals surface area (Å²) in [5.41, 5.74) is 4.07. The van der Waals surface area contributed by atoms with Gasteiger partial charge in [-0.3, -0.25) is 0 Å². The first kappa shape index (κ1) is 17.5. The third-order valence-electron chi connectivity index (χ3n) is 4.96. The molecule has 0 aliphatic rings. The van der Waals surface area contributed by atoms with Crippen molar-refractivity contribution in [3.8, 4) is 0 Å². The Bertz CT molecular complexity index is 759. The quantitative estimate of drug-likeness (QED) is 0.276. The van der Waals surface area contributed by atoms with Gasteiger partial charge in [-0.2, -0.15) is 0 Å². The highest BCUT2D eigenvalue weighted by molar-refractivity contribution is 9.09. The van der Waals surface area contributed by atoms with Crippen LogP contribution in [0.3, 0.4) is 0 Å². The fourth-order valence-electron chi connectivity index (χ4n) is 3.61. The molecule has 0 saturated carbocycles. The van der Waals surface area contributed by atoms with Crippen LogP contribution in [0, 0.1) is 0 Å². The molecule has 0 aliphatic heterocycles. The van der Waals surface area contributed by atoms with E-state index < -0.39 is 0 Å². The van der Waals surface area contributed by atoms with Crippen LogP contribution in [0.5, 0.6) is 0 Å². The van der Waals surface area contributed by atoms with E-state index in [1.165, 1.54) is 85.2 Å². The van der Waals surface area contributed by atoms with Crippen molar-refractivity contribution in [1.82, 2.24) is 4.98 Å². The first-order valence-corrected chi connectivity index (χ1v) is 10.6. The van der Waals surface area contributed by atoms with E-state index in [-0.39, 0.29) is 0 Å². The first-order valence-electron chi connectivity index (χ1n) is 9.44. The number of aryl methyl sites for hydroxylation is 1. The average Bonchev–Trinajstić information content (AvgIpc) is 3.00. The van der Waals surface area contributed by atoms with Gasteiger partial charge >= 0.3 is 0 Å². The van der Waals surface area contributed by atoms with E-state index in [0.717, 1.165) is 5.33 Å². The minimum Gasteiger partial charge on any atom is -0.354 e. The zero-order valence-corrected chi connectivity index (χ0v) is 16.1. The predicted molar refractivity (Wildman–Crippen MR) is 110 cm³/mol. The van der Waals surface area contributed by atoms with Crippen LogP contribution in [-0.2, 0) is 6.42 Å². The number of benzene rings is 2. The minimum atomic E-state index is 1.16. The molecule has 3 aromatic rings. The van der Waals surface area contributed by atoms with Gasteiger partial charge in [0.25, 0.3) is 0 Å². The van der Waals surface area contributed by atoms with Gasteiger partial charge in [0, 0.05) is 27.1 Å². The van der Waals surface area contributed by atoms with Crippen LogP contribution in [0.2, 0.25) is 0 Å². The Balaban J connectivity index is 1.49. The molecule has 0 fully saturated rings. The van der Waals surface area contributed by atoms with E-state index in [0.29, 0.717) is 0 Å². The molecule has 1 aromatic heterocycles.